The molecule has 6 heteroatoms. The summed E-state index contributed by atoms with van der Waals surface area (Å²) in [7, 11) is 0. The lowest BCUT2D eigenvalue weighted by Gasteiger charge is -2.08. The molecule has 0 saturated carbocycles. The van der Waals surface area contributed by atoms with Crippen LogP contribution in [0.25, 0.3) is 0 Å². The second-order valence-corrected chi connectivity index (χ2v) is 4.87. The van der Waals surface area contributed by atoms with E-state index in [-0.39, 0.29) is 12.5 Å². The maximum atomic E-state index is 11.7. The molecule has 2 rings (SSSR count). The van der Waals surface area contributed by atoms with Gasteiger partial charge in [0.1, 0.15) is 5.75 Å². The Morgan fingerprint density at radius 3 is 2.50 bits per heavy atom. The highest BCUT2D eigenvalue weighted by Crippen LogP contribution is 2.22. The highest BCUT2D eigenvalue weighted by Gasteiger charge is 2.05. The van der Waals surface area contributed by atoms with Gasteiger partial charge >= 0.3 is 0 Å². The van der Waals surface area contributed by atoms with Gasteiger partial charge in [-0.05, 0) is 42.5 Å². The number of anilines is 2. The first-order chi connectivity index (χ1) is 9.54. The molecule has 0 aromatic heterocycles. The first-order valence-electron chi connectivity index (χ1n) is 5.78. The summed E-state index contributed by atoms with van der Waals surface area (Å²) in [5.74, 6) is 0.278. The summed E-state index contributed by atoms with van der Waals surface area (Å²) >= 11 is 11.6. The van der Waals surface area contributed by atoms with Crippen LogP contribution < -0.4 is 15.8 Å². The fourth-order valence-corrected chi connectivity index (χ4v) is 1.79. The van der Waals surface area contributed by atoms with Crippen LogP contribution in [0.2, 0.25) is 10.0 Å². The zero-order valence-electron chi connectivity index (χ0n) is 10.4. The topological polar surface area (TPSA) is 64.3 Å². The van der Waals surface area contributed by atoms with Gasteiger partial charge in [0.25, 0.3) is 5.91 Å². The smallest absolute Gasteiger partial charge is 0.262 e. The van der Waals surface area contributed by atoms with Gasteiger partial charge in [-0.15, -0.1) is 0 Å². The standard InChI is InChI=1S/C14H12Cl2N2O2/c15-9-1-4-11(5-2-9)20-8-14(19)18-10-3-6-13(17)12(16)7-10/h1-7H,8,17H2,(H,18,19). The molecule has 1 amide bonds. The summed E-state index contributed by atoms with van der Waals surface area (Å²) in [6.07, 6.45) is 0. The summed E-state index contributed by atoms with van der Waals surface area (Å²) < 4.78 is 5.32. The molecule has 4 nitrogen and oxygen atoms in total. The van der Waals surface area contributed by atoms with Crippen molar-refractivity contribution in [3.05, 3.63) is 52.5 Å². The molecular formula is C14H12Cl2N2O2. The van der Waals surface area contributed by atoms with Gasteiger partial charge in [0, 0.05) is 10.7 Å². The van der Waals surface area contributed by atoms with Crippen LogP contribution in [-0.2, 0) is 4.79 Å². The van der Waals surface area contributed by atoms with Crippen molar-refractivity contribution < 1.29 is 9.53 Å². The van der Waals surface area contributed by atoms with Gasteiger partial charge in [0.05, 0.1) is 10.7 Å². The zero-order chi connectivity index (χ0) is 14.5. The van der Waals surface area contributed by atoms with Crippen molar-refractivity contribution in [1.29, 1.82) is 0 Å². The molecule has 0 heterocycles. The van der Waals surface area contributed by atoms with Crippen LogP contribution >= 0.6 is 23.2 Å². The SMILES string of the molecule is Nc1ccc(NC(=O)COc2ccc(Cl)cc2)cc1Cl. The minimum absolute atomic E-state index is 0.108. The summed E-state index contributed by atoms with van der Waals surface area (Å²) in [5.41, 5.74) is 6.61. The number of hydrogen-bond acceptors (Lipinski definition) is 3. The molecule has 0 aliphatic heterocycles. The normalized spacial score (nSPS) is 10.1. The van der Waals surface area contributed by atoms with E-state index in [0.717, 1.165) is 0 Å². The summed E-state index contributed by atoms with van der Waals surface area (Å²) in [4.78, 5) is 11.7. The monoisotopic (exact) mass is 310 g/mol. The number of carbonyl (C=O) groups is 1. The van der Waals surface area contributed by atoms with Crippen molar-refractivity contribution in [3.8, 4) is 5.75 Å². The van der Waals surface area contributed by atoms with E-state index in [0.29, 0.717) is 27.2 Å². The molecule has 0 saturated heterocycles. The van der Waals surface area contributed by atoms with Gasteiger partial charge in [-0.2, -0.15) is 0 Å². The summed E-state index contributed by atoms with van der Waals surface area (Å²) in [6.45, 7) is -0.108. The number of hydrogen-bond donors (Lipinski definition) is 2. The predicted molar refractivity (Wildman–Crippen MR) is 81.4 cm³/mol. The van der Waals surface area contributed by atoms with Crippen LogP contribution in [0, 0.1) is 0 Å². The molecule has 0 aliphatic carbocycles. The molecule has 0 radical (unpaired) electrons. The molecule has 0 fully saturated rings. The van der Waals surface area contributed by atoms with Crippen LogP contribution in [0.3, 0.4) is 0 Å². The fraction of sp³-hybridized carbons (Fsp3) is 0.0714. The fourth-order valence-electron chi connectivity index (χ4n) is 1.48. The number of amides is 1. The molecule has 0 bridgehead atoms. The zero-order valence-corrected chi connectivity index (χ0v) is 11.9. The quantitative estimate of drug-likeness (QED) is 0.848. The average molecular weight is 311 g/mol. The van der Waals surface area contributed by atoms with Gasteiger partial charge in [0.2, 0.25) is 0 Å². The number of halogens is 2. The number of rotatable bonds is 4. The van der Waals surface area contributed by atoms with Crippen molar-refractivity contribution >= 4 is 40.5 Å². The molecule has 0 aliphatic rings. The summed E-state index contributed by atoms with van der Waals surface area (Å²) in [6, 6.07) is 11.6. The van der Waals surface area contributed by atoms with Gasteiger partial charge < -0.3 is 15.8 Å². The summed E-state index contributed by atoms with van der Waals surface area (Å²) in [5, 5.41) is 3.66. The largest absolute Gasteiger partial charge is 0.484 e. The molecular weight excluding hydrogens is 299 g/mol. The molecule has 0 atom stereocenters. The Labute approximate surface area is 126 Å². The average Bonchev–Trinajstić information content (AvgIpc) is 2.42. The number of benzene rings is 2. The van der Waals surface area contributed by atoms with E-state index in [1.807, 2.05) is 0 Å². The number of nitrogen functional groups attached to an aromatic ring is 1. The maximum absolute atomic E-state index is 11.7. The van der Waals surface area contributed by atoms with Crippen molar-refractivity contribution in [1.82, 2.24) is 0 Å². The lowest BCUT2D eigenvalue weighted by molar-refractivity contribution is -0.118. The first kappa shape index (κ1) is 14.5. The number of nitrogens with one attached hydrogen (secondary N) is 1. The Bertz CT molecular complexity index is 615. The van der Waals surface area contributed by atoms with Gasteiger partial charge in [-0.1, -0.05) is 23.2 Å². The van der Waals surface area contributed by atoms with Gasteiger partial charge in [0.15, 0.2) is 6.61 Å². The van der Waals surface area contributed by atoms with Gasteiger partial charge in [-0.3, -0.25) is 4.79 Å². The van der Waals surface area contributed by atoms with E-state index in [9.17, 15) is 4.79 Å². The molecule has 104 valence electrons. The van der Waals surface area contributed by atoms with Gasteiger partial charge in [-0.25, -0.2) is 0 Å². The van der Waals surface area contributed by atoms with E-state index >= 15 is 0 Å². The van der Waals surface area contributed by atoms with Crippen molar-refractivity contribution in [2.75, 3.05) is 17.7 Å². The van der Waals surface area contributed by atoms with Crippen molar-refractivity contribution in [3.63, 3.8) is 0 Å². The highest BCUT2D eigenvalue weighted by atomic mass is 35.5. The van der Waals surface area contributed by atoms with Crippen LogP contribution in [-0.4, -0.2) is 12.5 Å². The third-order valence-electron chi connectivity index (χ3n) is 2.47. The minimum Gasteiger partial charge on any atom is -0.484 e. The lowest BCUT2D eigenvalue weighted by Crippen LogP contribution is -2.20. The number of carbonyl (C=O) groups excluding carboxylic acids is 1. The second-order valence-electron chi connectivity index (χ2n) is 4.03. The first-order valence-corrected chi connectivity index (χ1v) is 6.53. The van der Waals surface area contributed by atoms with E-state index in [2.05, 4.69) is 5.32 Å². The molecule has 2 aromatic rings. The maximum Gasteiger partial charge on any atom is 0.262 e. The Morgan fingerprint density at radius 2 is 1.85 bits per heavy atom. The van der Waals surface area contributed by atoms with E-state index in [4.69, 9.17) is 33.7 Å². The Hall–Kier alpha value is -1.91. The Balaban J connectivity index is 1.89. The third-order valence-corrected chi connectivity index (χ3v) is 3.05. The minimum atomic E-state index is -0.291. The number of nitrogens with two attached hydrogens (primary N) is 1. The lowest BCUT2D eigenvalue weighted by atomic mass is 10.3. The second kappa shape index (κ2) is 6.50. The van der Waals surface area contributed by atoms with E-state index in [1.54, 1.807) is 42.5 Å². The van der Waals surface area contributed by atoms with Crippen LogP contribution in [0.1, 0.15) is 0 Å². The van der Waals surface area contributed by atoms with Crippen LogP contribution in [0.4, 0.5) is 11.4 Å². The molecule has 0 spiro atoms. The van der Waals surface area contributed by atoms with E-state index < -0.39 is 0 Å². The van der Waals surface area contributed by atoms with Crippen molar-refractivity contribution in [2.45, 2.75) is 0 Å². The predicted octanol–water partition coefficient (Wildman–Crippen LogP) is 3.59. The number of ether oxygens (including phenoxy) is 1. The molecule has 0 unspecified atom stereocenters. The van der Waals surface area contributed by atoms with Crippen LogP contribution in [0.15, 0.2) is 42.5 Å². The molecule has 20 heavy (non-hydrogen) atoms. The highest BCUT2D eigenvalue weighted by molar-refractivity contribution is 6.33. The molecule has 3 N–H and O–H groups in total. The van der Waals surface area contributed by atoms with Crippen molar-refractivity contribution in [2.24, 2.45) is 0 Å². The Kier molecular flexibility index (Phi) is 4.71. The third kappa shape index (κ3) is 4.05. The Morgan fingerprint density at radius 1 is 1.15 bits per heavy atom. The van der Waals surface area contributed by atoms with E-state index in [1.165, 1.54) is 0 Å². The van der Waals surface area contributed by atoms with Crippen LogP contribution in [0.5, 0.6) is 5.75 Å². The molecule has 2 aromatic carbocycles.